The zero-order chi connectivity index (χ0) is 27.2. The quantitative estimate of drug-likeness (QED) is 0.402. The first kappa shape index (κ1) is 31.1. The number of allylic oxidation sites excluding steroid dienone is 2. The standard InChI is InChI=1S/2C12H14N2O2S2/c2*1-3-14-12(17-2)11(9-13)18(15,16)10-7-5-4-6-8-10/h2*4-8,14H,3H2,1-2H3/b2*12-11+. The van der Waals surface area contributed by atoms with Crippen molar-refractivity contribution in [3.05, 3.63) is 80.5 Å². The van der Waals surface area contributed by atoms with Gasteiger partial charge in [-0.3, -0.25) is 0 Å². The van der Waals surface area contributed by atoms with E-state index in [-0.39, 0.29) is 19.6 Å². The molecule has 0 radical (unpaired) electrons. The molecule has 0 saturated carbocycles. The molecule has 0 aliphatic heterocycles. The zero-order valence-electron chi connectivity index (χ0n) is 20.3. The Hall–Kier alpha value is -2.90. The molecule has 0 saturated heterocycles. The molecule has 12 heteroatoms. The van der Waals surface area contributed by atoms with Crippen LogP contribution in [0.4, 0.5) is 0 Å². The highest BCUT2D eigenvalue weighted by Crippen LogP contribution is 2.25. The van der Waals surface area contributed by atoms with E-state index in [0.29, 0.717) is 23.1 Å². The number of thioether (sulfide) groups is 2. The summed E-state index contributed by atoms with van der Waals surface area (Å²) in [6, 6.07) is 19.5. The van der Waals surface area contributed by atoms with Gasteiger partial charge in [-0.25, -0.2) is 16.8 Å². The van der Waals surface area contributed by atoms with Crippen LogP contribution in [0.25, 0.3) is 0 Å². The van der Waals surface area contributed by atoms with Gasteiger partial charge in [0.25, 0.3) is 0 Å². The van der Waals surface area contributed by atoms with Crippen molar-refractivity contribution in [1.82, 2.24) is 10.6 Å². The Morgan fingerprint density at radius 2 is 1.00 bits per heavy atom. The van der Waals surface area contributed by atoms with E-state index in [0.717, 1.165) is 0 Å². The van der Waals surface area contributed by atoms with Gasteiger partial charge >= 0.3 is 0 Å². The van der Waals surface area contributed by atoms with Gasteiger partial charge in [0.2, 0.25) is 19.7 Å². The molecule has 36 heavy (non-hydrogen) atoms. The average molecular weight is 565 g/mol. The van der Waals surface area contributed by atoms with E-state index in [4.69, 9.17) is 10.5 Å². The molecule has 0 aliphatic rings. The minimum absolute atomic E-state index is 0.131. The summed E-state index contributed by atoms with van der Waals surface area (Å²) in [5.41, 5.74) is 0. The predicted molar refractivity (Wildman–Crippen MR) is 147 cm³/mol. The highest BCUT2D eigenvalue weighted by Gasteiger charge is 2.25. The van der Waals surface area contributed by atoms with Crippen LogP contribution in [0.5, 0.6) is 0 Å². The third-order valence-electron chi connectivity index (χ3n) is 4.34. The van der Waals surface area contributed by atoms with Gasteiger partial charge in [-0.05, 0) is 50.6 Å². The van der Waals surface area contributed by atoms with Crippen LogP contribution < -0.4 is 10.6 Å². The summed E-state index contributed by atoms with van der Waals surface area (Å²) < 4.78 is 49.2. The number of nitriles is 2. The molecule has 192 valence electrons. The number of sulfone groups is 2. The van der Waals surface area contributed by atoms with Gasteiger partial charge in [-0.2, -0.15) is 10.5 Å². The van der Waals surface area contributed by atoms with Crippen molar-refractivity contribution in [3.63, 3.8) is 0 Å². The summed E-state index contributed by atoms with van der Waals surface area (Å²) in [5.74, 6) is 0. The summed E-state index contributed by atoms with van der Waals surface area (Å²) in [4.78, 5) is -0.205. The number of nitrogens with one attached hydrogen (secondary N) is 2. The molecule has 2 aromatic rings. The molecule has 2 aromatic carbocycles. The van der Waals surface area contributed by atoms with Crippen LogP contribution in [0.2, 0.25) is 0 Å². The second-order valence-electron chi connectivity index (χ2n) is 6.64. The Bertz CT molecular complexity index is 1250. The van der Waals surface area contributed by atoms with Gasteiger partial charge in [0.05, 0.1) is 19.8 Å². The molecule has 0 fully saturated rings. The second kappa shape index (κ2) is 15.3. The number of nitrogens with zero attached hydrogens (tertiary/aromatic N) is 2. The summed E-state index contributed by atoms with van der Waals surface area (Å²) in [7, 11) is -7.50. The fraction of sp³-hybridized carbons (Fsp3) is 0.250. The van der Waals surface area contributed by atoms with E-state index in [2.05, 4.69) is 10.6 Å². The molecule has 0 amide bonds. The number of hydrogen-bond acceptors (Lipinski definition) is 10. The predicted octanol–water partition coefficient (Wildman–Crippen LogP) is 4.25. The number of benzene rings is 2. The van der Waals surface area contributed by atoms with Crippen LogP contribution in [0, 0.1) is 22.7 Å². The average Bonchev–Trinajstić information content (AvgIpc) is 2.89. The highest BCUT2D eigenvalue weighted by molar-refractivity contribution is 8.04. The zero-order valence-corrected chi connectivity index (χ0v) is 23.6. The third-order valence-corrected chi connectivity index (χ3v) is 9.57. The summed E-state index contributed by atoms with van der Waals surface area (Å²) in [6.45, 7) is 4.82. The van der Waals surface area contributed by atoms with E-state index in [9.17, 15) is 16.8 Å². The molecule has 0 aromatic heterocycles. The molecular weight excluding hydrogens is 537 g/mol. The SMILES string of the molecule is CCN/C(SC)=C(/C#N)S(=O)(=O)c1ccccc1.CCN/C(SC)=C(/C#N)S(=O)(=O)c1ccccc1. The maximum Gasteiger partial charge on any atom is 0.219 e. The van der Waals surface area contributed by atoms with Crippen molar-refractivity contribution >= 4 is 43.2 Å². The Kier molecular flexibility index (Phi) is 13.2. The van der Waals surface area contributed by atoms with Gasteiger partial charge in [0.1, 0.15) is 12.1 Å². The Labute approximate surface area is 222 Å². The van der Waals surface area contributed by atoms with Crippen molar-refractivity contribution < 1.29 is 16.8 Å². The number of hydrogen-bond donors (Lipinski definition) is 2. The molecule has 0 bridgehead atoms. The lowest BCUT2D eigenvalue weighted by Gasteiger charge is -2.09. The summed E-state index contributed by atoms with van der Waals surface area (Å²) in [6.07, 6.45) is 3.46. The van der Waals surface area contributed by atoms with Gasteiger partial charge in [-0.15, -0.1) is 23.5 Å². The molecule has 0 atom stereocenters. The van der Waals surface area contributed by atoms with E-state index in [1.807, 2.05) is 13.8 Å². The van der Waals surface area contributed by atoms with Crippen LogP contribution >= 0.6 is 23.5 Å². The van der Waals surface area contributed by atoms with Crippen molar-refractivity contribution in [2.45, 2.75) is 23.6 Å². The lowest BCUT2D eigenvalue weighted by atomic mass is 10.4. The molecule has 8 nitrogen and oxygen atoms in total. The van der Waals surface area contributed by atoms with Crippen LogP contribution in [0.3, 0.4) is 0 Å². The largest absolute Gasteiger partial charge is 0.378 e. The van der Waals surface area contributed by atoms with E-state index in [1.54, 1.807) is 61.0 Å². The van der Waals surface area contributed by atoms with Crippen molar-refractivity contribution in [1.29, 1.82) is 10.5 Å². The van der Waals surface area contributed by atoms with Crippen molar-refractivity contribution in [2.24, 2.45) is 0 Å². The van der Waals surface area contributed by atoms with E-state index in [1.165, 1.54) is 47.8 Å². The Balaban J connectivity index is 0.000000360. The number of rotatable bonds is 10. The maximum absolute atomic E-state index is 12.3. The summed E-state index contributed by atoms with van der Waals surface area (Å²) >= 11 is 2.43. The first-order valence-corrected chi connectivity index (χ1v) is 16.0. The molecular formula is C24H28N4O4S4. The van der Waals surface area contributed by atoms with Crippen molar-refractivity contribution in [3.8, 4) is 12.1 Å². The second-order valence-corrected chi connectivity index (χ2v) is 12.0. The van der Waals surface area contributed by atoms with Gasteiger partial charge in [-0.1, -0.05) is 36.4 Å². The fourth-order valence-corrected chi connectivity index (χ4v) is 7.29. The Morgan fingerprint density at radius 3 is 1.22 bits per heavy atom. The maximum atomic E-state index is 12.3. The van der Waals surface area contributed by atoms with Crippen molar-refractivity contribution in [2.75, 3.05) is 25.6 Å². The Morgan fingerprint density at radius 1 is 0.694 bits per heavy atom. The van der Waals surface area contributed by atoms with Crippen LogP contribution in [0.15, 0.2) is 90.3 Å². The van der Waals surface area contributed by atoms with E-state index < -0.39 is 19.7 Å². The molecule has 2 rings (SSSR count). The van der Waals surface area contributed by atoms with Gasteiger partial charge < -0.3 is 10.6 Å². The topological polar surface area (TPSA) is 140 Å². The monoisotopic (exact) mass is 564 g/mol. The van der Waals surface area contributed by atoms with Gasteiger partial charge in [0, 0.05) is 13.1 Å². The minimum Gasteiger partial charge on any atom is -0.378 e. The fourth-order valence-electron chi connectivity index (χ4n) is 2.71. The first-order chi connectivity index (χ1) is 17.1. The minimum atomic E-state index is -3.75. The molecule has 0 aliphatic carbocycles. The molecule has 0 heterocycles. The van der Waals surface area contributed by atoms with E-state index >= 15 is 0 Å². The van der Waals surface area contributed by atoms with Gasteiger partial charge in [0.15, 0.2) is 9.81 Å². The lowest BCUT2D eigenvalue weighted by Crippen LogP contribution is -2.16. The van der Waals surface area contributed by atoms with Crippen LogP contribution in [-0.4, -0.2) is 42.4 Å². The van der Waals surface area contributed by atoms with Crippen LogP contribution in [0.1, 0.15) is 13.8 Å². The first-order valence-electron chi connectivity index (χ1n) is 10.6. The summed E-state index contributed by atoms with van der Waals surface area (Å²) in [5, 5.41) is 24.8. The molecule has 0 spiro atoms. The third kappa shape index (κ3) is 8.07. The molecule has 2 N–H and O–H groups in total. The van der Waals surface area contributed by atoms with Crippen LogP contribution in [-0.2, 0) is 19.7 Å². The lowest BCUT2D eigenvalue weighted by molar-refractivity contribution is 0.601. The smallest absolute Gasteiger partial charge is 0.219 e. The normalized spacial score (nSPS) is 12.5. The molecule has 0 unspecified atom stereocenters. The highest BCUT2D eigenvalue weighted by atomic mass is 32.2.